The summed E-state index contributed by atoms with van der Waals surface area (Å²) >= 11 is 0. The molecule has 0 spiro atoms. The topological polar surface area (TPSA) is 41.6 Å². The summed E-state index contributed by atoms with van der Waals surface area (Å²) in [5, 5.41) is 3.10. The first-order valence-corrected chi connectivity index (χ1v) is 6.42. The van der Waals surface area contributed by atoms with E-state index in [0.717, 1.165) is 26.1 Å². The number of rotatable bonds is 5. The first-order chi connectivity index (χ1) is 7.95. The maximum atomic E-state index is 11.9. The van der Waals surface area contributed by atoms with Crippen LogP contribution >= 0.6 is 0 Å². The van der Waals surface area contributed by atoms with E-state index < -0.39 is 0 Å². The second-order valence-corrected chi connectivity index (χ2v) is 5.86. The summed E-state index contributed by atoms with van der Waals surface area (Å²) in [6.45, 7) is 10.4. The predicted octanol–water partition coefficient (Wildman–Crippen LogP) is 1.12. The third-order valence-electron chi connectivity index (χ3n) is 3.52. The fourth-order valence-corrected chi connectivity index (χ4v) is 2.18. The van der Waals surface area contributed by atoms with Crippen LogP contribution in [0.1, 0.15) is 27.2 Å². The van der Waals surface area contributed by atoms with Crippen LogP contribution in [0.25, 0.3) is 0 Å². The van der Waals surface area contributed by atoms with Crippen molar-refractivity contribution in [1.29, 1.82) is 0 Å². The monoisotopic (exact) mass is 242 g/mol. The first-order valence-electron chi connectivity index (χ1n) is 6.42. The minimum Gasteiger partial charge on any atom is -0.383 e. The van der Waals surface area contributed by atoms with Gasteiger partial charge in [0.05, 0.1) is 13.2 Å². The summed E-state index contributed by atoms with van der Waals surface area (Å²) in [7, 11) is 1.66. The molecule has 4 heteroatoms. The average molecular weight is 242 g/mol. The lowest BCUT2D eigenvalue weighted by molar-refractivity contribution is -0.129. The highest BCUT2D eigenvalue weighted by Gasteiger charge is 2.33. The van der Waals surface area contributed by atoms with Gasteiger partial charge >= 0.3 is 0 Å². The van der Waals surface area contributed by atoms with Crippen molar-refractivity contribution in [3.05, 3.63) is 0 Å². The summed E-state index contributed by atoms with van der Waals surface area (Å²) in [6, 6.07) is 0. The highest BCUT2D eigenvalue weighted by molar-refractivity contribution is 5.78. The second kappa shape index (κ2) is 6.36. The van der Waals surface area contributed by atoms with E-state index in [1.165, 1.54) is 0 Å². The van der Waals surface area contributed by atoms with E-state index in [1.807, 2.05) is 4.90 Å². The van der Waals surface area contributed by atoms with Gasteiger partial charge in [0.2, 0.25) is 5.91 Å². The molecule has 1 amide bonds. The smallest absolute Gasteiger partial charge is 0.236 e. The van der Waals surface area contributed by atoms with Crippen LogP contribution in [0.15, 0.2) is 0 Å². The highest BCUT2D eigenvalue weighted by Crippen LogP contribution is 2.33. The van der Waals surface area contributed by atoms with E-state index >= 15 is 0 Å². The molecule has 0 aromatic carbocycles. The van der Waals surface area contributed by atoms with Crippen LogP contribution in [0.2, 0.25) is 0 Å². The van der Waals surface area contributed by atoms with Crippen LogP contribution in [-0.2, 0) is 9.53 Å². The van der Waals surface area contributed by atoms with Crippen molar-refractivity contribution in [2.24, 2.45) is 11.3 Å². The SMILES string of the molecule is COCCNCC(=O)N1CCC(C(C)(C)C)C1. The van der Waals surface area contributed by atoms with Crippen molar-refractivity contribution in [3.8, 4) is 0 Å². The fraction of sp³-hybridized carbons (Fsp3) is 0.923. The Hall–Kier alpha value is -0.610. The molecule has 1 heterocycles. The summed E-state index contributed by atoms with van der Waals surface area (Å²) < 4.78 is 4.92. The van der Waals surface area contributed by atoms with Gasteiger partial charge in [-0.05, 0) is 17.8 Å². The van der Waals surface area contributed by atoms with E-state index in [9.17, 15) is 4.79 Å². The molecule has 0 radical (unpaired) electrons. The van der Waals surface area contributed by atoms with Crippen molar-refractivity contribution in [3.63, 3.8) is 0 Å². The van der Waals surface area contributed by atoms with Gasteiger partial charge in [-0.3, -0.25) is 4.79 Å². The Bertz CT molecular complexity index is 248. The van der Waals surface area contributed by atoms with Gasteiger partial charge in [-0.1, -0.05) is 20.8 Å². The minimum atomic E-state index is 0.216. The zero-order valence-electron chi connectivity index (χ0n) is 11.6. The van der Waals surface area contributed by atoms with Crippen LogP contribution in [0, 0.1) is 11.3 Å². The molecule has 1 aliphatic heterocycles. The lowest BCUT2D eigenvalue weighted by Crippen LogP contribution is -2.38. The molecule has 1 aliphatic rings. The van der Waals surface area contributed by atoms with Gasteiger partial charge in [0, 0.05) is 26.7 Å². The minimum absolute atomic E-state index is 0.216. The maximum Gasteiger partial charge on any atom is 0.236 e. The standard InChI is InChI=1S/C13H26N2O2/c1-13(2,3)11-5-7-15(10-11)12(16)9-14-6-8-17-4/h11,14H,5-10H2,1-4H3. The van der Waals surface area contributed by atoms with Crippen LogP contribution in [0.3, 0.4) is 0 Å². The summed E-state index contributed by atoms with van der Waals surface area (Å²) in [4.78, 5) is 13.9. The van der Waals surface area contributed by atoms with Gasteiger partial charge < -0.3 is 15.0 Å². The Kier molecular flexibility index (Phi) is 5.40. The summed E-state index contributed by atoms with van der Waals surface area (Å²) in [6.07, 6.45) is 1.13. The number of nitrogens with one attached hydrogen (secondary N) is 1. The van der Waals surface area contributed by atoms with Gasteiger partial charge in [-0.15, -0.1) is 0 Å². The van der Waals surface area contributed by atoms with E-state index in [1.54, 1.807) is 7.11 Å². The third-order valence-corrected chi connectivity index (χ3v) is 3.52. The van der Waals surface area contributed by atoms with E-state index in [4.69, 9.17) is 4.74 Å². The highest BCUT2D eigenvalue weighted by atomic mass is 16.5. The Balaban J connectivity index is 2.26. The molecule has 0 saturated carbocycles. The van der Waals surface area contributed by atoms with Gasteiger partial charge in [-0.2, -0.15) is 0 Å². The Morgan fingerprint density at radius 2 is 2.18 bits per heavy atom. The van der Waals surface area contributed by atoms with Gasteiger partial charge in [0.15, 0.2) is 0 Å². The number of likely N-dealkylation sites (tertiary alicyclic amines) is 1. The molecule has 1 fully saturated rings. The summed E-state index contributed by atoms with van der Waals surface area (Å²) in [5.74, 6) is 0.846. The molecule has 17 heavy (non-hydrogen) atoms. The quantitative estimate of drug-likeness (QED) is 0.735. The van der Waals surface area contributed by atoms with Crippen LogP contribution in [0.5, 0.6) is 0 Å². The number of ether oxygens (including phenoxy) is 1. The number of amides is 1. The third kappa shape index (κ3) is 4.64. The second-order valence-electron chi connectivity index (χ2n) is 5.86. The molecule has 1 saturated heterocycles. The lowest BCUT2D eigenvalue weighted by Gasteiger charge is -2.27. The molecule has 0 aromatic heterocycles. The van der Waals surface area contributed by atoms with E-state index in [-0.39, 0.29) is 5.91 Å². The lowest BCUT2D eigenvalue weighted by atomic mass is 9.80. The van der Waals surface area contributed by atoms with Crippen molar-refractivity contribution >= 4 is 5.91 Å². The zero-order chi connectivity index (χ0) is 12.9. The van der Waals surface area contributed by atoms with Crippen molar-refractivity contribution in [1.82, 2.24) is 10.2 Å². The molecule has 0 aliphatic carbocycles. The average Bonchev–Trinajstić information content (AvgIpc) is 2.72. The van der Waals surface area contributed by atoms with Gasteiger partial charge in [0.25, 0.3) is 0 Å². The number of hydrogen-bond donors (Lipinski definition) is 1. The molecule has 1 atom stereocenters. The maximum absolute atomic E-state index is 11.9. The molecule has 4 nitrogen and oxygen atoms in total. The molecule has 1 rings (SSSR count). The number of hydrogen-bond acceptors (Lipinski definition) is 3. The number of methoxy groups -OCH3 is 1. The van der Waals surface area contributed by atoms with E-state index in [0.29, 0.717) is 24.5 Å². The van der Waals surface area contributed by atoms with Crippen molar-refractivity contribution in [2.45, 2.75) is 27.2 Å². The number of nitrogens with zero attached hydrogens (tertiary/aromatic N) is 1. The largest absolute Gasteiger partial charge is 0.383 e. The number of carbonyl (C=O) groups excluding carboxylic acids is 1. The fourth-order valence-electron chi connectivity index (χ4n) is 2.18. The van der Waals surface area contributed by atoms with Crippen LogP contribution in [0.4, 0.5) is 0 Å². The zero-order valence-corrected chi connectivity index (χ0v) is 11.6. The van der Waals surface area contributed by atoms with E-state index in [2.05, 4.69) is 26.1 Å². The Morgan fingerprint density at radius 3 is 2.71 bits per heavy atom. The van der Waals surface area contributed by atoms with Crippen LogP contribution in [-0.4, -0.2) is 50.7 Å². The Labute approximate surface area is 105 Å². The molecule has 1 N–H and O–H groups in total. The molecule has 0 bridgehead atoms. The predicted molar refractivity (Wildman–Crippen MR) is 68.9 cm³/mol. The molecule has 0 aromatic rings. The van der Waals surface area contributed by atoms with Crippen LogP contribution < -0.4 is 5.32 Å². The first kappa shape index (κ1) is 14.5. The molecule has 100 valence electrons. The molecular weight excluding hydrogens is 216 g/mol. The van der Waals surface area contributed by atoms with Crippen molar-refractivity contribution in [2.75, 3.05) is 39.9 Å². The van der Waals surface area contributed by atoms with Crippen molar-refractivity contribution < 1.29 is 9.53 Å². The Morgan fingerprint density at radius 1 is 1.47 bits per heavy atom. The molecular formula is C13H26N2O2. The summed E-state index contributed by atoms with van der Waals surface area (Å²) in [5.41, 5.74) is 0.304. The van der Waals surface area contributed by atoms with Gasteiger partial charge in [-0.25, -0.2) is 0 Å². The van der Waals surface area contributed by atoms with Gasteiger partial charge in [0.1, 0.15) is 0 Å². The normalized spacial score (nSPS) is 20.9. The molecule has 1 unspecified atom stereocenters. The number of carbonyl (C=O) groups is 1.